The van der Waals surface area contributed by atoms with E-state index in [0.717, 1.165) is 17.8 Å². The summed E-state index contributed by atoms with van der Waals surface area (Å²) in [6.07, 6.45) is 1.39. The predicted octanol–water partition coefficient (Wildman–Crippen LogP) is 1.13. The molecule has 1 unspecified atom stereocenters. The third kappa shape index (κ3) is 5.50. The fraction of sp³-hybridized carbons (Fsp3) is 0.706. The first-order chi connectivity index (χ1) is 13.6. The van der Waals surface area contributed by atoms with Crippen molar-refractivity contribution < 1.29 is 21.6 Å². The molecule has 0 N–H and O–H groups in total. The summed E-state index contributed by atoms with van der Waals surface area (Å²) in [6, 6.07) is 2.94. The monoisotopic (exact) mass is 483 g/mol. The second-order valence-electron chi connectivity index (χ2n) is 7.37. The van der Waals surface area contributed by atoms with Gasteiger partial charge in [0.15, 0.2) is 9.84 Å². The van der Waals surface area contributed by atoms with Crippen molar-refractivity contribution in [2.24, 2.45) is 0 Å². The second-order valence-corrected chi connectivity index (χ2v) is 13.5. The van der Waals surface area contributed by atoms with Crippen LogP contribution < -0.4 is 0 Å². The first-order valence-electron chi connectivity index (χ1n) is 9.60. The van der Waals surface area contributed by atoms with Crippen LogP contribution in [0.5, 0.6) is 0 Å². The minimum atomic E-state index is -3.60. The van der Waals surface area contributed by atoms with Crippen LogP contribution in [0, 0.1) is 0 Å². The van der Waals surface area contributed by atoms with E-state index in [-0.39, 0.29) is 47.3 Å². The molecule has 0 spiro atoms. The van der Waals surface area contributed by atoms with Gasteiger partial charge in [0.05, 0.1) is 22.4 Å². The smallest absolute Gasteiger partial charge is 0.252 e. The van der Waals surface area contributed by atoms with Crippen molar-refractivity contribution in [3.63, 3.8) is 0 Å². The molecule has 2 aliphatic heterocycles. The summed E-state index contributed by atoms with van der Waals surface area (Å²) in [5, 5.41) is 0. The van der Waals surface area contributed by atoms with Crippen LogP contribution in [0.25, 0.3) is 0 Å². The van der Waals surface area contributed by atoms with Crippen LogP contribution in [0.3, 0.4) is 0 Å². The van der Waals surface area contributed by atoms with E-state index in [2.05, 4.69) is 0 Å². The molecule has 1 aromatic heterocycles. The van der Waals surface area contributed by atoms with Crippen LogP contribution in [0.1, 0.15) is 19.8 Å². The lowest BCUT2D eigenvalue weighted by Gasteiger charge is -2.36. The van der Waals surface area contributed by atoms with Gasteiger partial charge >= 0.3 is 0 Å². The Labute approximate surface area is 181 Å². The topological polar surface area (TPSA) is 95.1 Å². The van der Waals surface area contributed by atoms with Crippen molar-refractivity contribution in [3.8, 4) is 0 Å². The van der Waals surface area contributed by atoms with Crippen molar-refractivity contribution >= 4 is 48.7 Å². The third-order valence-electron chi connectivity index (χ3n) is 5.31. The number of carbonyl (C=O) groups is 1. The Morgan fingerprint density at radius 1 is 1.28 bits per heavy atom. The maximum atomic E-state index is 12.8. The summed E-state index contributed by atoms with van der Waals surface area (Å²) in [5.74, 6) is 0.198. The Kier molecular flexibility index (Phi) is 7.27. The highest BCUT2D eigenvalue weighted by Crippen LogP contribution is 2.28. The fourth-order valence-electron chi connectivity index (χ4n) is 3.76. The van der Waals surface area contributed by atoms with Crippen LogP contribution in [0.15, 0.2) is 16.3 Å². The van der Waals surface area contributed by atoms with Crippen LogP contribution in [0.4, 0.5) is 0 Å². The van der Waals surface area contributed by atoms with Crippen LogP contribution >= 0.6 is 22.9 Å². The molecule has 2 saturated heterocycles. The van der Waals surface area contributed by atoms with E-state index < -0.39 is 19.9 Å². The molecule has 0 radical (unpaired) electrons. The fourth-order valence-corrected chi connectivity index (χ4v) is 8.58. The lowest BCUT2D eigenvalue weighted by Crippen LogP contribution is -2.53. The van der Waals surface area contributed by atoms with E-state index in [1.54, 1.807) is 11.0 Å². The molecule has 1 atom stereocenters. The molecule has 1 aromatic rings. The summed E-state index contributed by atoms with van der Waals surface area (Å²) in [6.45, 7) is 3.94. The van der Waals surface area contributed by atoms with Crippen molar-refractivity contribution in [2.75, 3.05) is 50.8 Å². The van der Waals surface area contributed by atoms with Gasteiger partial charge in [-0.1, -0.05) is 18.5 Å². The Hall–Kier alpha value is -0.720. The summed E-state index contributed by atoms with van der Waals surface area (Å²) >= 11 is 6.88. The first-order valence-corrected chi connectivity index (χ1v) is 14.1. The lowest BCUT2D eigenvalue weighted by molar-refractivity contribution is -0.134. The number of piperazine rings is 1. The van der Waals surface area contributed by atoms with Gasteiger partial charge in [0.25, 0.3) is 10.0 Å². The molecular formula is C17H26ClN3O5S3. The molecule has 0 aromatic carbocycles. The Bertz CT molecular complexity index is 939. The van der Waals surface area contributed by atoms with E-state index in [1.165, 1.54) is 10.4 Å². The van der Waals surface area contributed by atoms with Gasteiger partial charge in [0.2, 0.25) is 5.91 Å². The standard InChI is InChI=1S/C17H26ClN3O5S3/c1-2-6-20(14-5-11-28(23,24)13-14)12-16(22)19-7-9-21(10-8-19)29(25,26)17-4-3-15(18)27-17/h3-4,14H,2,5-13H2,1H3. The van der Waals surface area contributed by atoms with Gasteiger partial charge in [-0.3, -0.25) is 9.69 Å². The number of hydrogen-bond acceptors (Lipinski definition) is 7. The molecule has 29 heavy (non-hydrogen) atoms. The average molecular weight is 484 g/mol. The molecule has 3 heterocycles. The lowest BCUT2D eigenvalue weighted by atomic mass is 10.2. The number of rotatable bonds is 7. The van der Waals surface area contributed by atoms with E-state index in [1.807, 2.05) is 11.8 Å². The summed E-state index contributed by atoms with van der Waals surface area (Å²) in [7, 11) is -6.61. The average Bonchev–Trinajstić information content (AvgIpc) is 3.27. The van der Waals surface area contributed by atoms with E-state index in [0.29, 0.717) is 30.4 Å². The van der Waals surface area contributed by atoms with Crippen LogP contribution in [-0.4, -0.2) is 93.7 Å². The van der Waals surface area contributed by atoms with Gasteiger partial charge in [-0.25, -0.2) is 16.8 Å². The highest BCUT2D eigenvalue weighted by molar-refractivity contribution is 7.91. The highest BCUT2D eigenvalue weighted by atomic mass is 35.5. The SMILES string of the molecule is CCCN(CC(=O)N1CCN(S(=O)(=O)c2ccc(Cl)s2)CC1)C1CCS(=O)(=O)C1. The summed E-state index contributed by atoms with van der Waals surface area (Å²) < 4.78 is 51.0. The molecule has 2 fully saturated rings. The van der Waals surface area contributed by atoms with Crippen molar-refractivity contribution in [2.45, 2.75) is 30.0 Å². The number of halogens is 1. The van der Waals surface area contributed by atoms with E-state index >= 15 is 0 Å². The predicted molar refractivity (Wildman–Crippen MR) is 114 cm³/mol. The molecule has 164 valence electrons. The van der Waals surface area contributed by atoms with Crippen LogP contribution in [-0.2, 0) is 24.7 Å². The van der Waals surface area contributed by atoms with Gasteiger partial charge in [0, 0.05) is 32.2 Å². The summed E-state index contributed by atoms with van der Waals surface area (Å²) in [4.78, 5) is 16.4. The van der Waals surface area contributed by atoms with Crippen LogP contribution in [0.2, 0.25) is 4.34 Å². The Morgan fingerprint density at radius 3 is 2.48 bits per heavy atom. The maximum absolute atomic E-state index is 12.8. The number of thiophene rings is 1. The maximum Gasteiger partial charge on any atom is 0.252 e. The van der Waals surface area contributed by atoms with Gasteiger partial charge in [-0.15, -0.1) is 11.3 Å². The largest absolute Gasteiger partial charge is 0.339 e. The molecule has 8 nitrogen and oxygen atoms in total. The molecule has 0 bridgehead atoms. The van der Waals surface area contributed by atoms with Gasteiger partial charge in [-0.05, 0) is 31.5 Å². The first kappa shape index (κ1) is 23.0. The number of sulfone groups is 1. The van der Waals surface area contributed by atoms with Crippen molar-refractivity contribution in [3.05, 3.63) is 16.5 Å². The molecule has 0 aliphatic carbocycles. The number of amides is 1. The zero-order chi connectivity index (χ0) is 21.2. The third-order valence-corrected chi connectivity index (χ3v) is 10.7. The molecule has 12 heteroatoms. The normalized spacial score (nSPS) is 23.0. The van der Waals surface area contributed by atoms with Gasteiger partial charge < -0.3 is 4.90 Å². The molecule has 0 saturated carbocycles. The minimum absolute atomic E-state index is 0.0843. The van der Waals surface area contributed by atoms with Gasteiger partial charge in [0.1, 0.15) is 4.21 Å². The van der Waals surface area contributed by atoms with Crippen molar-refractivity contribution in [1.29, 1.82) is 0 Å². The minimum Gasteiger partial charge on any atom is -0.339 e. The highest BCUT2D eigenvalue weighted by Gasteiger charge is 2.35. The number of carbonyl (C=O) groups excluding carboxylic acids is 1. The number of nitrogens with zero attached hydrogens (tertiary/aromatic N) is 3. The molecular weight excluding hydrogens is 458 g/mol. The number of hydrogen-bond donors (Lipinski definition) is 0. The second kappa shape index (κ2) is 9.19. The summed E-state index contributed by atoms with van der Waals surface area (Å²) in [5.41, 5.74) is 0. The molecule has 1 amide bonds. The quantitative estimate of drug-likeness (QED) is 0.577. The zero-order valence-corrected chi connectivity index (χ0v) is 19.5. The zero-order valence-electron chi connectivity index (χ0n) is 16.3. The Morgan fingerprint density at radius 2 is 1.97 bits per heavy atom. The number of sulfonamides is 1. The van der Waals surface area contributed by atoms with Gasteiger partial charge in [-0.2, -0.15) is 4.31 Å². The molecule has 3 rings (SSSR count). The Balaban J connectivity index is 1.57. The van der Waals surface area contributed by atoms with E-state index in [9.17, 15) is 21.6 Å². The van der Waals surface area contributed by atoms with Crippen molar-refractivity contribution in [1.82, 2.24) is 14.1 Å². The van der Waals surface area contributed by atoms with E-state index in [4.69, 9.17) is 11.6 Å². The molecule has 2 aliphatic rings.